The molecule has 29 heavy (non-hydrogen) atoms. The summed E-state index contributed by atoms with van der Waals surface area (Å²) in [6, 6.07) is 14.1. The van der Waals surface area contributed by atoms with Gasteiger partial charge in [-0.1, -0.05) is 24.3 Å². The number of halogens is 1. The Morgan fingerprint density at radius 3 is 2.41 bits per heavy atom. The molecule has 3 N–H and O–H groups in total. The van der Waals surface area contributed by atoms with E-state index in [4.69, 9.17) is 9.79 Å². The third kappa shape index (κ3) is 6.19. The predicted octanol–water partition coefficient (Wildman–Crippen LogP) is 4.22. The summed E-state index contributed by atoms with van der Waals surface area (Å²) in [4.78, 5) is 34.2. The summed E-state index contributed by atoms with van der Waals surface area (Å²) < 4.78 is 24.2. The number of carbonyl (C=O) groups is 1. The molecule has 1 amide bonds. The summed E-state index contributed by atoms with van der Waals surface area (Å²) in [5, 5.41) is 2.68. The van der Waals surface area contributed by atoms with Gasteiger partial charge >= 0.3 is 7.60 Å². The van der Waals surface area contributed by atoms with Gasteiger partial charge < -0.3 is 15.1 Å². The first-order valence-corrected chi connectivity index (χ1v) is 10.4. The van der Waals surface area contributed by atoms with Crippen LogP contribution >= 0.6 is 7.60 Å². The van der Waals surface area contributed by atoms with E-state index in [9.17, 15) is 13.8 Å². The van der Waals surface area contributed by atoms with Crippen LogP contribution in [0, 0.1) is 5.82 Å². The fourth-order valence-corrected chi connectivity index (χ4v) is 3.40. The van der Waals surface area contributed by atoms with E-state index in [0.717, 1.165) is 11.1 Å². The second kappa shape index (κ2) is 8.92. The highest BCUT2D eigenvalue weighted by Crippen LogP contribution is 2.39. The van der Waals surface area contributed by atoms with Crippen molar-refractivity contribution in [3.05, 3.63) is 90.0 Å². The topological polar surface area (TPSA) is 99.5 Å². The number of aromatic nitrogens is 1. The van der Waals surface area contributed by atoms with E-state index in [2.05, 4.69) is 10.3 Å². The lowest BCUT2D eigenvalue weighted by molar-refractivity contribution is -0.111. The van der Waals surface area contributed by atoms with E-state index < -0.39 is 7.60 Å². The molecule has 0 unspecified atom stereocenters. The third-order valence-corrected chi connectivity index (χ3v) is 4.81. The second-order valence-electron chi connectivity index (χ2n) is 6.31. The van der Waals surface area contributed by atoms with Gasteiger partial charge in [-0.05, 0) is 53.1 Å². The summed E-state index contributed by atoms with van der Waals surface area (Å²) >= 11 is 0. The third-order valence-electron chi connectivity index (χ3n) is 4.03. The van der Waals surface area contributed by atoms with Gasteiger partial charge in [0.15, 0.2) is 0 Å². The Hall–Kier alpha value is -3.12. The summed E-state index contributed by atoms with van der Waals surface area (Å²) in [5.41, 5.74) is 3.29. The van der Waals surface area contributed by atoms with Crippen molar-refractivity contribution in [1.29, 1.82) is 0 Å². The highest BCUT2D eigenvalue weighted by atomic mass is 31.2. The average Bonchev–Trinajstić information content (AvgIpc) is 2.68. The fraction of sp³-hybridized carbons (Fsp3) is 0.0476. The molecule has 0 aliphatic rings. The van der Waals surface area contributed by atoms with Gasteiger partial charge in [0.2, 0.25) is 5.91 Å². The number of pyridine rings is 1. The smallest absolute Gasteiger partial charge is 0.324 e. The first-order valence-electron chi connectivity index (χ1n) is 8.63. The molecule has 148 valence electrons. The molecule has 0 aliphatic carbocycles. The van der Waals surface area contributed by atoms with Crippen LogP contribution in [0.25, 0.3) is 17.2 Å². The molecular weight excluding hydrogens is 394 g/mol. The molecule has 0 atom stereocenters. The van der Waals surface area contributed by atoms with Crippen LogP contribution in [-0.2, 0) is 15.5 Å². The molecule has 0 spiro atoms. The minimum Gasteiger partial charge on any atom is -0.324 e. The Balaban J connectivity index is 1.70. The largest absolute Gasteiger partial charge is 0.329 e. The standard InChI is InChI=1S/C21H18FN2O4P/c22-18-6-3-16(4-7-18)20-11-12-23-13-17(20)5-10-21(25)24-19-8-1-15(2-9-19)14-29(26,27)28/h1-13H,14H2,(H,24,25)(H2,26,27,28)/b10-5+. The number of benzene rings is 2. The zero-order valence-electron chi connectivity index (χ0n) is 15.2. The molecule has 0 fully saturated rings. The monoisotopic (exact) mass is 412 g/mol. The van der Waals surface area contributed by atoms with Crippen LogP contribution < -0.4 is 5.32 Å². The maximum atomic E-state index is 13.2. The minimum absolute atomic E-state index is 0.328. The molecule has 0 saturated carbocycles. The van der Waals surface area contributed by atoms with E-state index >= 15 is 0 Å². The summed E-state index contributed by atoms with van der Waals surface area (Å²) in [6.45, 7) is 0. The van der Waals surface area contributed by atoms with Crippen molar-refractivity contribution in [2.75, 3.05) is 5.32 Å². The van der Waals surface area contributed by atoms with E-state index in [-0.39, 0.29) is 17.9 Å². The van der Waals surface area contributed by atoms with Crippen molar-refractivity contribution < 1.29 is 23.5 Å². The number of nitrogens with one attached hydrogen (secondary N) is 1. The molecule has 6 nitrogen and oxygen atoms in total. The highest BCUT2D eigenvalue weighted by Gasteiger charge is 2.13. The minimum atomic E-state index is -4.13. The Bertz CT molecular complexity index is 1080. The van der Waals surface area contributed by atoms with Gasteiger partial charge in [-0.3, -0.25) is 14.3 Å². The SMILES string of the molecule is O=C(/C=C/c1cnccc1-c1ccc(F)cc1)Nc1ccc(CP(=O)(O)O)cc1. The highest BCUT2D eigenvalue weighted by molar-refractivity contribution is 7.50. The Morgan fingerprint density at radius 1 is 1.07 bits per heavy atom. The number of hydrogen-bond acceptors (Lipinski definition) is 3. The van der Waals surface area contributed by atoms with Crippen molar-refractivity contribution in [2.24, 2.45) is 0 Å². The molecule has 0 radical (unpaired) electrons. The van der Waals surface area contributed by atoms with Crippen molar-refractivity contribution in [1.82, 2.24) is 4.98 Å². The van der Waals surface area contributed by atoms with Gasteiger partial charge in [-0.2, -0.15) is 0 Å². The summed E-state index contributed by atoms with van der Waals surface area (Å²) in [6.07, 6.45) is 5.85. The number of nitrogens with zero attached hydrogens (tertiary/aromatic N) is 1. The number of hydrogen-bond donors (Lipinski definition) is 3. The lowest BCUT2D eigenvalue weighted by Crippen LogP contribution is -2.07. The lowest BCUT2D eigenvalue weighted by atomic mass is 10.0. The van der Waals surface area contributed by atoms with Gasteiger partial charge in [0.1, 0.15) is 5.82 Å². The van der Waals surface area contributed by atoms with Gasteiger partial charge in [-0.15, -0.1) is 0 Å². The van der Waals surface area contributed by atoms with E-state index in [1.807, 2.05) is 0 Å². The lowest BCUT2D eigenvalue weighted by Gasteiger charge is -2.07. The fourth-order valence-electron chi connectivity index (χ4n) is 2.71. The maximum Gasteiger partial charge on any atom is 0.329 e. The average molecular weight is 412 g/mol. The Labute approximate surface area is 166 Å². The van der Waals surface area contributed by atoms with Gasteiger partial charge in [-0.25, -0.2) is 4.39 Å². The van der Waals surface area contributed by atoms with Crippen LogP contribution in [-0.4, -0.2) is 20.7 Å². The van der Waals surface area contributed by atoms with E-state index in [1.165, 1.54) is 18.2 Å². The maximum absolute atomic E-state index is 13.2. The van der Waals surface area contributed by atoms with Crippen LogP contribution in [0.2, 0.25) is 0 Å². The molecule has 1 heterocycles. The van der Waals surface area contributed by atoms with Crippen molar-refractivity contribution in [3.8, 4) is 11.1 Å². The number of amides is 1. The van der Waals surface area contributed by atoms with Gasteiger partial charge in [0.05, 0.1) is 6.16 Å². The normalized spacial score (nSPS) is 11.6. The second-order valence-corrected chi connectivity index (χ2v) is 7.96. The molecule has 3 aromatic rings. The molecule has 2 aromatic carbocycles. The van der Waals surface area contributed by atoms with Crippen LogP contribution in [0.4, 0.5) is 10.1 Å². The number of carbonyl (C=O) groups excluding carboxylic acids is 1. The summed E-state index contributed by atoms with van der Waals surface area (Å²) in [7, 11) is -4.13. The van der Waals surface area contributed by atoms with Crippen LogP contribution in [0.5, 0.6) is 0 Å². The van der Waals surface area contributed by atoms with Crippen LogP contribution in [0.3, 0.4) is 0 Å². The number of anilines is 1. The number of rotatable bonds is 6. The predicted molar refractivity (Wildman–Crippen MR) is 109 cm³/mol. The van der Waals surface area contributed by atoms with Crippen LogP contribution in [0.1, 0.15) is 11.1 Å². The van der Waals surface area contributed by atoms with Crippen LogP contribution in [0.15, 0.2) is 73.1 Å². The molecule has 0 aliphatic heterocycles. The zero-order valence-corrected chi connectivity index (χ0v) is 16.1. The Morgan fingerprint density at radius 2 is 1.76 bits per heavy atom. The first-order chi connectivity index (χ1) is 13.8. The van der Waals surface area contributed by atoms with E-state index in [0.29, 0.717) is 16.8 Å². The zero-order chi connectivity index (χ0) is 20.9. The Kier molecular flexibility index (Phi) is 6.34. The first kappa shape index (κ1) is 20.6. The molecule has 0 bridgehead atoms. The van der Waals surface area contributed by atoms with Crippen molar-refractivity contribution in [3.63, 3.8) is 0 Å². The van der Waals surface area contributed by atoms with Crippen molar-refractivity contribution in [2.45, 2.75) is 6.16 Å². The van der Waals surface area contributed by atoms with Gasteiger partial charge in [0, 0.05) is 29.7 Å². The molecule has 8 heteroatoms. The summed E-state index contributed by atoms with van der Waals surface area (Å²) in [5.74, 6) is -0.701. The van der Waals surface area contributed by atoms with Crippen molar-refractivity contribution >= 4 is 25.3 Å². The molecule has 0 saturated heterocycles. The van der Waals surface area contributed by atoms with Gasteiger partial charge in [0.25, 0.3) is 0 Å². The van der Waals surface area contributed by atoms with E-state index in [1.54, 1.807) is 60.9 Å². The quantitative estimate of drug-likeness (QED) is 0.416. The molecular formula is C21H18FN2O4P. The molecule has 3 rings (SSSR count). The molecule has 1 aromatic heterocycles.